The van der Waals surface area contributed by atoms with Gasteiger partial charge in [-0.2, -0.15) is 14.5 Å². The molecule has 1 saturated heterocycles. The fourth-order valence-electron chi connectivity index (χ4n) is 2.59. The maximum Gasteiger partial charge on any atom is 0.256 e. The number of nitrogen functional groups attached to an aromatic ring is 1. The van der Waals surface area contributed by atoms with E-state index in [9.17, 15) is 0 Å². The quantitative estimate of drug-likeness (QED) is 0.745. The summed E-state index contributed by atoms with van der Waals surface area (Å²) in [6.45, 7) is 3.88. The summed E-state index contributed by atoms with van der Waals surface area (Å²) in [6.07, 6.45) is 1.59. The van der Waals surface area contributed by atoms with Gasteiger partial charge in [0.1, 0.15) is 11.6 Å². The van der Waals surface area contributed by atoms with Crippen LogP contribution in [0.5, 0.6) is 0 Å². The maximum absolute atomic E-state index is 6.11. The second-order valence-electron chi connectivity index (χ2n) is 5.45. The normalized spacial score (nSPS) is 16.5. The Balaban J connectivity index is 1.73. The number of aromatic nitrogens is 4. The number of furan rings is 1. The van der Waals surface area contributed by atoms with Crippen LogP contribution in [0.4, 0.5) is 11.6 Å². The Morgan fingerprint density at radius 2 is 2.00 bits per heavy atom. The molecule has 0 radical (unpaired) electrons. The molecule has 0 saturated carbocycles. The van der Waals surface area contributed by atoms with Crippen molar-refractivity contribution >= 4 is 17.4 Å². The number of anilines is 2. The third-order valence-electron chi connectivity index (χ3n) is 3.90. The molecule has 0 amide bonds. The topological polar surface area (TPSA) is 88.7 Å². The number of rotatable bonds is 2. The summed E-state index contributed by atoms with van der Waals surface area (Å²) < 4.78 is 6.86. The van der Waals surface area contributed by atoms with E-state index >= 15 is 0 Å². The van der Waals surface area contributed by atoms with Gasteiger partial charge in [-0.1, -0.05) is 0 Å². The first kappa shape index (κ1) is 13.1. The van der Waals surface area contributed by atoms with E-state index in [2.05, 4.69) is 31.9 Å². The highest BCUT2D eigenvalue weighted by atomic mass is 16.3. The number of likely N-dealkylation sites (N-methyl/N-ethyl adjacent to an activating group) is 1. The summed E-state index contributed by atoms with van der Waals surface area (Å²) >= 11 is 0. The molecule has 3 aromatic heterocycles. The van der Waals surface area contributed by atoms with Crippen LogP contribution in [0.3, 0.4) is 0 Å². The molecule has 4 heterocycles. The molecule has 1 aliphatic rings. The molecule has 0 aromatic carbocycles. The standard InChI is InChI=1S/C14H17N7O/c1-19-4-6-20(7-5-19)12-9-11(15)21-14(16-12)17-13(18-21)10-3-2-8-22-10/h2-3,8-9H,4-7,15H2,1H3. The second kappa shape index (κ2) is 4.99. The molecule has 114 valence electrons. The lowest BCUT2D eigenvalue weighted by atomic mass is 10.3. The van der Waals surface area contributed by atoms with E-state index in [1.165, 1.54) is 4.52 Å². The summed E-state index contributed by atoms with van der Waals surface area (Å²) in [5.74, 6) is 2.94. The zero-order valence-electron chi connectivity index (χ0n) is 12.3. The number of nitrogens with zero attached hydrogens (tertiary/aromatic N) is 6. The Labute approximate surface area is 127 Å². The molecule has 22 heavy (non-hydrogen) atoms. The van der Waals surface area contributed by atoms with Crippen molar-refractivity contribution in [1.29, 1.82) is 0 Å². The van der Waals surface area contributed by atoms with Gasteiger partial charge in [0, 0.05) is 32.2 Å². The maximum atomic E-state index is 6.11. The largest absolute Gasteiger partial charge is 0.461 e. The minimum Gasteiger partial charge on any atom is -0.461 e. The molecule has 1 aliphatic heterocycles. The van der Waals surface area contributed by atoms with Crippen molar-refractivity contribution < 1.29 is 4.42 Å². The van der Waals surface area contributed by atoms with Crippen LogP contribution in [0.25, 0.3) is 17.4 Å². The van der Waals surface area contributed by atoms with E-state index in [1.807, 2.05) is 12.1 Å². The van der Waals surface area contributed by atoms with Crippen LogP contribution >= 0.6 is 0 Å². The van der Waals surface area contributed by atoms with Crippen LogP contribution in [-0.2, 0) is 0 Å². The highest BCUT2D eigenvalue weighted by Crippen LogP contribution is 2.21. The molecule has 4 rings (SSSR count). The smallest absolute Gasteiger partial charge is 0.256 e. The highest BCUT2D eigenvalue weighted by Gasteiger charge is 2.18. The third kappa shape index (κ3) is 2.17. The van der Waals surface area contributed by atoms with Crippen molar-refractivity contribution in [3.8, 4) is 11.6 Å². The summed E-state index contributed by atoms with van der Waals surface area (Å²) in [6, 6.07) is 5.46. The number of piperazine rings is 1. The minimum absolute atomic E-state index is 0.486. The first-order chi connectivity index (χ1) is 10.7. The van der Waals surface area contributed by atoms with Crippen LogP contribution in [0.15, 0.2) is 28.9 Å². The molecule has 8 nitrogen and oxygen atoms in total. The first-order valence-electron chi connectivity index (χ1n) is 7.21. The molecule has 0 spiro atoms. The van der Waals surface area contributed by atoms with Crippen molar-refractivity contribution in [2.24, 2.45) is 0 Å². The van der Waals surface area contributed by atoms with Gasteiger partial charge in [0.15, 0.2) is 5.76 Å². The van der Waals surface area contributed by atoms with E-state index in [1.54, 1.807) is 12.3 Å². The average Bonchev–Trinajstić information content (AvgIpc) is 3.17. The molecule has 0 bridgehead atoms. The van der Waals surface area contributed by atoms with Gasteiger partial charge in [-0.25, -0.2) is 0 Å². The summed E-state index contributed by atoms with van der Waals surface area (Å²) in [4.78, 5) is 13.5. The Morgan fingerprint density at radius 3 is 2.73 bits per heavy atom. The zero-order chi connectivity index (χ0) is 15.1. The van der Waals surface area contributed by atoms with E-state index in [0.29, 0.717) is 23.2 Å². The lowest BCUT2D eigenvalue weighted by Gasteiger charge is -2.33. The fourth-order valence-corrected chi connectivity index (χ4v) is 2.59. The van der Waals surface area contributed by atoms with Gasteiger partial charge >= 0.3 is 0 Å². The van der Waals surface area contributed by atoms with Crippen molar-refractivity contribution in [3.63, 3.8) is 0 Å². The number of hydrogen-bond donors (Lipinski definition) is 1. The van der Waals surface area contributed by atoms with Gasteiger partial charge in [0.25, 0.3) is 5.78 Å². The van der Waals surface area contributed by atoms with Crippen LogP contribution < -0.4 is 10.6 Å². The molecular formula is C14H17N7O. The van der Waals surface area contributed by atoms with Gasteiger partial charge < -0.3 is 20.0 Å². The van der Waals surface area contributed by atoms with Crippen molar-refractivity contribution in [2.45, 2.75) is 0 Å². The molecule has 8 heteroatoms. The van der Waals surface area contributed by atoms with Crippen molar-refractivity contribution in [3.05, 3.63) is 24.5 Å². The Morgan fingerprint density at radius 1 is 1.18 bits per heavy atom. The molecular weight excluding hydrogens is 282 g/mol. The summed E-state index contributed by atoms with van der Waals surface area (Å²) in [5, 5.41) is 4.35. The van der Waals surface area contributed by atoms with Gasteiger partial charge in [0.2, 0.25) is 5.82 Å². The Kier molecular flexibility index (Phi) is 2.97. The van der Waals surface area contributed by atoms with Crippen LogP contribution in [0.2, 0.25) is 0 Å². The lowest BCUT2D eigenvalue weighted by Crippen LogP contribution is -2.44. The third-order valence-corrected chi connectivity index (χ3v) is 3.90. The van der Waals surface area contributed by atoms with Crippen LogP contribution in [-0.4, -0.2) is 57.7 Å². The molecule has 1 fully saturated rings. The Bertz CT molecular complexity index is 787. The van der Waals surface area contributed by atoms with Gasteiger partial charge in [0.05, 0.1) is 6.26 Å². The van der Waals surface area contributed by atoms with E-state index in [-0.39, 0.29) is 0 Å². The number of fused-ring (bicyclic) bond motifs is 1. The molecule has 0 unspecified atom stereocenters. The van der Waals surface area contributed by atoms with Crippen LogP contribution in [0.1, 0.15) is 0 Å². The minimum atomic E-state index is 0.486. The molecule has 3 aromatic rings. The van der Waals surface area contributed by atoms with Crippen molar-refractivity contribution in [2.75, 3.05) is 43.9 Å². The Hall–Kier alpha value is -2.61. The van der Waals surface area contributed by atoms with E-state index < -0.39 is 0 Å². The lowest BCUT2D eigenvalue weighted by molar-refractivity contribution is 0.312. The highest BCUT2D eigenvalue weighted by molar-refractivity contribution is 5.57. The predicted molar refractivity (Wildman–Crippen MR) is 82.6 cm³/mol. The summed E-state index contributed by atoms with van der Waals surface area (Å²) in [7, 11) is 2.12. The second-order valence-corrected chi connectivity index (χ2v) is 5.45. The average molecular weight is 299 g/mol. The number of nitrogens with two attached hydrogens (primary N) is 1. The predicted octanol–water partition coefficient (Wildman–Crippen LogP) is 0.718. The number of hydrogen-bond acceptors (Lipinski definition) is 7. The monoisotopic (exact) mass is 299 g/mol. The van der Waals surface area contributed by atoms with Crippen LogP contribution in [0, 0.1) is 0 Å². The zero-order valence-corrected chi connectivity index (χ0v) is 12.3. The molecule has 0 aliphatic carbocycles. The van der Waals surface area contributed by atoms with Gasteiger partial charge in [-0.3, -0.25) is 0 Å². The fraction of sp³-hybridized carbons (Fsp3) is 0.357. The molecule has 0 atom stereocenters. The SMILES string of the molecule is CN1CCN(c2cc(N)n3nc(-c4ccco4)nc3n2)CC1. The molecule has 2 N–H and O–H groups in total. The van der Waals surface area contributed by atoms with E-state index in [4.69, 9.17) is 10.2 Å². The summed E-state index contributed by atoms with van der Waals surface area (Å²) in [5.41, 5.74) is 6.11. The van der Waals surface area contributed by atoms with Gasteiger partial charge in [-0.05, 0) is 19.2 Å². The van der Waals surface area contributed by atoms with Crippen molar-refractivity contribution in [1.82, 2.24) is 24.5 Å². The van der Waals surface area contributed by atoms with E-state index in [0.717, 1.165) is 32.0 Å². The van der Waals surface area contributed by atoms with Gasteiger partial charge in [-0.15, -0.1) is 5.10 Å². The first-order valence-corrected chi connectivity index (χ1v) is 7.21.